The first kappa shape index (κ1) is 29.0. The lowest BCUT2D eigenvalue weighted by atomic mass is 10.0. The highest BCUT2D eigenvalue weighted by Gasteiger charge is 2.16. The first-order chi connectivity index (χ1) is 19.5. The Balaban J connectivity index is 1.40. The van der Waals surface area contributed by atoms with E-state index in [0.717, 1.165) is 50.0 Å². The van der Waals surface area contributed by atoms with Gasteiger partial charge in [0.05, 0.1) is 14.2 Å². The molecule has 0 spiro atoms. The third-order valence-electron chi connectivity index (χ3n) is 7.22. The van der Waals surface area contributed by atoms with Crippen molar-refractivity contribution < 1.29 is 24.2 Å². The smallest absolute Gasteiger partial charge is 0.181 e. The summed E-state index contributed by atoms with van der Waals surface area (Å²) in [4.78, 5) is 26.7. The van der Waals surface area contributed by atoms with Crippen LogP contribution in [0.1, 0.15) is 51.9 Å². The molecule has 6 heteroatoms. The van der Waals surface area contributed by atoms with E-state index in [1.54, 1.807) is 38.5 Å². The molecule has 0 heterocycles. The van der Waals surface area contributed by atoms with Crippen LogP contribution in [0.25, 0.3) is 11.6 Å². The van der Waals surface area contributed by atoms with Crippen LogP contribution in [0.15, 0.2) is 78.9 Å². The number of fused-ring (bicyclic) bond motifs is 1. The zero-order valence-corrected chi connectivity index (χ0v) is 23.3. The molecule has 0 amide bonds. The maximum absolute atomic E-state index is 13.0. The second-order valence-electron chi connectivity index (χ2n) is 9.91. The van der Waals surface area contributed by atoms with Crippen LogP contribution in [0.2, 0.25) is 0 Å². The fourth-order valence-corrected chi connectivity index (χ4v) is 4.99. The van der Waals surface area contributed by atoms with Gasteiger partial charge in [0.1, 0.15) is 6.61 Å². The number of hydrogen-bond donors (Lipinski definition) is 1. The summed E-state index contributed by atoms with van der Waals surface area (Å²) in [5.41, 5.74) is 6.81. The molecule has 3 aromatic rings. The van der Waals surface area contributed by atoms with Gasteiger partial charge in [-0.05, 0) is 77.9 Å². The van der Waals surface area contributed by atoms with Crippen molar-refractivity contribution in [3.8, 4) is 11.5 Å². The molecule has 4 rings (SSSR count). The van der Waals surface area contributed by atoms with Gasteiger partial charge in [-0.3, -0.25) is 14.5 Å². The van der Waals surface area contributed by atoms with E-state index in [0.29, 0.717) is 23.5 Å². The Kier molecular flexibility index (Phi) is 10.4. The lowest BCUT2D eigenvalue weighted by Gasteiger charge is -2.23. The Bertz CT molecular complexity index is 1370. The molecule has 208 valence electrons. The first-order valence-corrected chi connectivity index (χ1v) is 13.7. The lowest BCUT2D eigenvalue weighted by molar-refractivity contribution is -0.117. The van der Waals surface area contributed by atoms with E-state index in [9.17, 15) is 9.59 Å². The summed E-state index contributed by atoms with van der Waals surface area (Å²) in [6, 6.07) is 22.0. The predicted molar refractivity (Wildman–Crippen MR) is 159 cm³/mol. The van der Waals surface area contributed by atoms with E-state index >= 15 is 0 Å². The van der Waals surface area contributed by atoms with E-state index in [1.165, 1.54) is 22.8 Å². The summed E-state index contributed by atoms with van der Waals surface area (Å²) < 4.78 is 10.7. The molecule has 0 aromatic heterocycles. The molecular formula is C34H37NO5. The van der Waals surface area contributed by atoms with E-state index < -0.39 is 6.61 Å². The third-order valence-corrected chi connectivity index (χ3v) is 7.22. The minimum atomic E-state index is -0.487. The van der Waals surface area contributed by atoms with Gasteiger partial charge in [-0.2, -0.15) is 0 Å². The largest absolute Gasteiger partial charge is 0.493 e. The number of aliphatic hydroxyl groups is 1. The highest BCUT2D eigenvalue weighted by molar-refractivity contribution is 5.96. The van der Waals surface area contributed by atoms with E-state index in [1.807, 2.05) is 12.1 Å². The van der Waals surface area contributed by atoms with Gasteiger partial charge in [0.15, 0.2) is 23.1 Å². The van der Waals surface area contributed by atoms with Gasteiger partial charge >= 0.3 is 0 Å². The molecule has 0 unspecified atom stereocenters. The van der Waals surface area contributed by atoms with Crippen LogP contribution in [0.5, 0.6) is 11.5 Å². The summed E-state index contributed by atoms with van der Waals surface area (Å²) in [7, 11) is 3.15. The van der Waals surface area contributed by atoms with E-state index in [4.69, 9.17) is 14.6 Å². The van der Waals surface area contributed by atoms with Crippen LogP contribution < -0.4 is 9.47 Å². The minimum absolute atomic E-state index is 0.0851. The topological polar surface area (TPSA) is 76.1 Å². The second-order valence-corrected chi connectivity index (χ2v) is 9.91. The number of benzene rings is 3. The van der Waals surface area contributed by atoms with Gasteiger partial charge in [-0.1, -0.05) is 60.7 Å². The Labute approximate surface area is 236 Å². The highest BCUT2D eigenvalue weighted by atomic mass is 16.5. The van der Waals surface area contributed by atoms with Crippen molar-refractivity contribution in [2.45, 2.75) is 32.2 Å². The van der Waals surface area contributed by atoms with Crippen molar-refractivity contribution >= 4 is 23.2 Å². The van der Waals surface area contributed by atoms with Gasteiger partial charge in [0.2, 0.25) is 0 Å². The van der Waals surface area contributed by atoms with Gasteiger partial charge in [-0.25, -0.2) is 0 Å². The van der Waals surface area contributed by atoms with Crippen LogP contribution in [0.4, 0.5) is 0 Å². The van der Waals surface area contributed by atoms with E-state index in [-0.39, 0.29) is 11.6 Å². The third kappa shape index (κ3) is 7.78. The molecule has 0 atom stereocenters. The average molecular weight is 540 g/mol. The molecule has 6 nitrogen and oxygen atoms in total. The number of allylic oxidation sites excluding steroid dienone is 1. The normalized spacial score (nSPS) is 12.4. The van der Waals surface area contributed by atoms with Crippen molar-refractivity contribution in [2.75, 3.05) is 33.9 Å². The van der Waals surface area contributed by atoms with Crippen LogP contribution in [0.3, 0.4) is 0 Å². The van der Waals surface area contributed by atoms with Crippen molar-refractivity contribution in [1.82, 2.24) is 4.90 Å². The van der Waals surface area contributed by atoms with Gasteiger partial charge < -0.3 is 14.6 Å². The van der Waals surface area contributed by atoms with E-state index in [2.05, 4.69) is 47.4 Å². The molecule has 40 heavy (non-hydrogen) atoms. The first-order valence-electron chi connectivity index (χ1n) is 13.7. The quantitative estimate of drug-likeness (QED) is 0.195. The number of nitrogens with zero attached hydrogens (tertiary/aromatic N) is 1. The van der Waals surface area contributed by atoms with Crippen molar-refractivity contribution in [3.05, 3.63) is 107 Å². The number of ketones is 2. The van der Waals surface area contributed by atoms with Gasteiger partial charge in [0.25, 0.3) is 0 Å². The summed E-state index contributed by atoms with van der Waals surface area (Å²) >= 11 is 0. The van der Waals surface area contributed by atoms with Crippen molar-refractivity contribution in [3.63, 3.8) is 0 Å². The second kappa shape index (κ2) is 14.4. The molecule has 3 aromatic carbocycles. The van der Waals surface area contributed by atoms with Gasteiger partial charge in [-0.15, -0.1) is 0 Å². The Morgan fingerprint density at radius 2 is 1.73 bits per heavy atom. The number of carbonyl (C=O) groups is 2. The molecule has 0 saturated heterocycles. The molecule has 1 N–H and O–H groups in total. The fourth-order valence-electron chi connectivity index (χ4n) is 4.99. The average Bonchev–Trinajstić information content (AvgIpc) is 3.41. The Morgan fingerprint density at radius 3 is 2.48 bits per heavy atom. The Hall–Kier alpha value is -4.00. The lowest BCUT2D eigenvalue weighted by Crippen LogP contribution is -2.26. The zero-order chi connectivity index (χ0) is 28.3. The highest BCUT2D eigenvalue weighted by Crippen LogP contribution is 2.30. The fraction of sp³-hybridized carbons (Fsp3) is 0.294. The predicted octanol–water partition coefficient (Wildman–Crippen LogP) is 5.77. The monoisotopic (exact) mass is 539 g/mol. The molecule has 0 aliphatic heterocycles. The van der Waals surface area contributed by atoms with Gasteiger partial charge in [0, 0.05) is 25.1 Å². The maximum atomic E-state index is 13.0. The molecule has 0 bridgehead atoms. The number of methoxy groups -OCH3 is 2. The molecule has 1 aliphatic carbocycles. The van der Waals surface area contributed by atoms with Crippen molar-refractivity contribution in [1.29, 1.82) is 0 Å². The van der Waals surface area contributed by atoms with Crippen molar-refractivity contribution in [2.24, 2.45) is 0 Å². The number of aliphatic hydroxyl groups excluding tert-OH is 1. The summed E-state index contributed by atoms with van der Waals surface area (Å²) in [5, 5.41) is 8.91. The SMILES string of the molecule is COc1ccc(C(=O)CCCN(CCC2=CCc3ccccc32)Cc2ccc(/C=C/C(=O)CO)cc2)cc1OC. The molecular weight excluding hydrogens is 502 g/mol. The van der Waals surface area contributed by atoms with Crippen LogP contribution in [0, 0.1) is 0 Å². The Morgan fingerprint density at radius 1 is 0.950 bits per heavy atom. The van der Waals surface area contributed by atoms with Crippen LogP contribution in [-0.4, -0.2) is 55.5 Å². The number of Topliss-reactive ketones (excluding diaryl/α,β-unsaturated/α-hetero) is 1. The number of rotatable bonds is 15. The molecule has 0 saturated carbocycles. The molecule has 1 aliphatic rings. The van der Waals surface area contributed by atoms with Crippen LogP contribution >= 0.6 is 0 Å². The molecule has 0 fully saturated rings. The summed E-state index contributed by atoms with van der Waals surface area (Å²) in [5.74, 6) is 0.927. The summed E-state index contributed by atoms with van der Waals surface area (Å²) in [6.45, 7) is 1.95. The number of hydrogen-bond acceptors (Lipinski definition) is 6. The maximum Gasteiger partial charge on any atom is 0.181 e. The minimum Gasteiger partial charge on any atom is -0.493 e. The standard InChI is InChI=1S/C34H37NO5/c1-39-33-18-16-29(22-34(33)40-2)32(38)8-5-20-35(21-19-28-15-14-27-6-3-4-7-31(27)28)23-26-11-9-25(10-12-26)13-17-30(37)24-36/h3-4,6-7,9-13,15-18,22,36H,5,8,14,19-21,23-24H2,1-2H3/b17-13+. The summed E-state index contributed by atoms with van der Waals surface area (Å²) in [6.07, 6.45) is 8.56. The number of ether oxygens (including phenoxy) is 2. The van der Waals surface area contributed by atoms with Crippen LogP contribution in [-0.2, 0) is 17.8 Å². The molecule has 0 radical (unpaired) electrons. The zero-order valence-electron chi connectivity index (χ0n) is 23.3. The number of carbonyl (C=O) groups excluding carboxylic acids is 2.